The zero-order chi connectivity index (χ0) is 13.5. The molecule has 5 nitrogen and oxygen atoms in total. The molecule has 0 aromatic heterocycles. The third-order valence-electron chi connectivity index (χ3n) is 2.67. The third kappa shape index (κ3) is 3.85. The van der Waals surface area contributed by atoms with Crippen LogP contribution in [0, 0.1) is 0 Å². The number of carbonyl (C=O) groups is 2. The van der Waals surface area contributed by atoms with Crippen molar-refractivity contribution >= 4 is 11.8 Å². The van der Waals surface area contributed by atoms with Gasteiger partial charge in [-0.05, 0) is 24.6 Å². The number of primary amides is 1. The number of nitrogens with one attached hydrogen (secondary N) is 1. The first-order valence-corrected chi connectivity index (χ1v) is 5.99. The van der Waals surface area contributed by atoms with Gasteiger partial charge in [-0.3, -0.25) is 9.59 Å². The van der Waals surface area contributed by atoms with E-state index >= 15 is 0 Å². The molecule has 0 aliphatic heterocycles. The molecule has 0 bridgehead atoms. The summed E-state index contributed by atoms with van der Waals surface area (Å²) in [4.78, 5) is 23.0. The van der Waals surface area contributed by atoms with E-state index < -0.39 is 5.91 Å². The first kappa shape index (κ1) is 14.2. The van der Waals surface area contributed by atoms with Gasteiger partial charge < -0.3 is 16.8 Å². The van der Waals surface area contributed by atoms with Crippen LogP contribution >= 0.6 is 0 Å². The zero-order valence-corrected chi connectivity index (χ0v) is 10.5. The maximum atomic E-state index is 11.9. The van der Waals surface area contributed by atoms with Crippen LogP contribution in [0.15, 0.2) is 24.3 Å². The number of rotatable bonds is 6. The van der Waals surface area contributed by atoms with Crippen LogP contribution in [-0.2, 0) is 0 Å². The number of hydrogen-bond donors (Lipinski definition) is 3. The van der Waals surface area contributed by atoms with E-state index in [2.05, 4.69) is 5.32 Å². The van der Waals surface area contributed by atoms with Gasteiger partial charge in [0.2, 0.25) is 5.91 Å². The molecule has 1 rings (SSSR count). The van der Waals surface area contributed by atoms with Gasteiger partial charge in [-0.15, -0.1) is 0 Å². The van der Waals surface area contributed by atoms with Gasteiger partial charge in [-0.1, -0.05) is 19.4 Å². The summed E-state index contributed by atoms with van der Waals surface area (Å²) in [5.41, 5.74) is 11.5. The molecule has 98 valence electrons. The van der Waals surface area contributed by atoms with Gasteiger partial charge in [-0.25, -0.2) is 0 Å². The maximum absolute atomic E-state index is 11.9. The molecule has 0 fully saturated rings. The highest BCUT2D eigenvalue weighted by Gasteiger charge is 2.12. The lowest BCUT2D eigenvalue weighted by atomic mass is 10.1. The van der Waals surface area contributed by atoms with Gasteiger partial charge in [0, 0.05) is 23.7 Å². The SMILES string of the molecule is CCCC(CN)NC(=O)c1cccc(C(N)=O)c1. The standard InChI is InChI=1S/C13H19N3O2/c1-2-4-11(8-14)16-13(18)10-6-3-5-9(7-10)12(15)17/h3,5-7,11H,2,4,8,14H2,1H3,(H2,15,17)(H,16,18). The summed E-state index contributed by atoms with van der Waals surface area (Å²) in [6.45, 7) is 2.43. The summed E-state index contributed by atoms with van der Waals surface area (Å²) < 4.78 is 0. The molecule has 0 radical (unpaired) electrons. The van der Waals surface area contributed by atoms with Gasteiger partial charge >= 0.3 is 0 Å². The molecule has 5 heteroatoms. The maximum Gasteiger partial charge on any atom is 0.251 e. The van der Waals surface area contributed by atoms with Crippen LogP contribution in [0.4, 0.5) is 0 Å². The normalized spacial score (nSPS) is 11.9. The Labute approximate surface area is 107 Å². The van der Waals surface area contributed by atoms with E-state index in [-0.39, 0.29) is 11.9 Å². The fourth-order valence-electron chi connectivity index (χ4n) is 1.68. The van der Waals surface area contributed by atoms with Crippen molar-refractivity contribution in [2.45, 2.75) is 25.8 Å². The minimum absolute atomic E-state index is 0.0419. The molecule has 2 amide bonds. The molecule has 0 saturated carbocycles. The second-order valence-corrected chi connectivity index (χ2v) is 4.14. The lowest BCUT2D eigenvalue weighted by molar-refractivity contribution is 0.0936. The van der Waals surface area contributed by atoms with E-state index in [1.54, 1.807) is 18.2 Å². The van der Waals surface area contributed by atoms with E-state index in [1.165, 1.54) is 6.07 Å². The molecule has 5 N–H and O–H groups in total. The Balaban J connectivity index is 2.77. The van der Waals surface area contributed by atoms with Gasteiger partial charge in [0.15, 0.2) is 0 Å². The summed E-state index contributed by atoms with van der Waals surface area (Å²) in [5, 5.41) is 2.83. The number of carbonyl (C=O) groups excluding carboxylic acids is 2. The Hall–Kier alpha value is -1.88. The molecular weight excluding hydrogens is 230 g/mol. The van der Waals surface area contributed by atoms with E-state index in [0.717, 1.165) is 12.8 Å². The summed E-state index contributed by atoms with van der Waals surface area (Å²) in [5.74, 6) is -0.782. The lowest BCUT2D eigenvalue weighted by Gasteiger charge is -2.16. The average Bonchev–Trinajstić information content (AvgIpc) is 2.38. The van der Waals surface area contributed by atoms with Gasteiger partial charge in [-0.2, -0.15) is 0 Å². The van der Waals surface area contributed by atoms with Crippen LogP contribution in [0.1, 0.15) is 40.5 Å². The van der Waals surface area contributed by atoms with Crippen molar-refractivity contribution in [2.75, 3.05) is 6.54 Å². The second kappa shape index (κ2) is 6.76. The fourth-order valence-corrected chi connectivity index (χ4v) is 1.68. The van der Waals surface area contributed by atoms with Crippen LogP contribution in [0.5, 0.6) is 0 Å². The average molecular weight is 249 g/mol. The smallest absolute Gasteiger partial charge is 0.251 e. The minimum Gasteiger partial charge on any atom is -0.366 e. The first-order valence-electron chi connectivity index (χ1n) is 5.99. The zero-order valence-electron chi connectivity index (χ0n) is 10.5. The molecule has 0 heterocycles. The molecule has 1 aromatic rings. The lowest BCUT2D eigenvalue weighted by Crippen LogP contribution is -2.40. The molecule has 0 saturated heterocycles. The highest BCUT2D eigenvalue weighted by Crippen LogP contribution is 2.06. The molecule has 1 aromatic carbocycles. The summed E-state index contributed by atoms with van der Waals surface area (Å²) >= 11 is 0. The highest BCUT2D eigenvalue weighted by molar-refractivity contribution is 5.99. The Morgan fingerprint density at radius 1 is 1.33 bits per heavy atom. The summed E-state index contributed by atoms with van der Waals surface area (Å²) in [6.07, 6.45) is 1.78. The van der Waals surface area contributed by atoms with Crippen molar-refractivity contribution < 1.29 is 9.59 Å². The van der Waals surface area contributed by atoms with Crippen molar-refractivity contribution in [3.63, 3.8) is 0 Å². The molecular formula is C13H19N3O2. The van der Waals surface area contributed by atoms with E-state index in [4.69, 9.17) is 11.5 Å². The summed E-state index contributed by atoms with van der Waals surface area (Å²) in [6, 6.07) is 6.29. The fraction of sp³-hybridized carbons (Fsp3) is 0.385. The number of benzene rings is 1. The van der Waals surface area contributed by atoms with Gasteiger partial charge in [0.05, 0.1) is 0 Å². The Bertz CT molecular complexity index is 432. The Kier molecular flexibility index (Phi) is 5.32. The van der Waals surface area contributed by atoms with Crippen molar-refractivity contribution in [2.24, 2.45) is 11.5 Å². The molecule has 0 aliphatic rings. The molecule has 18 heavy (non-hydrogen) atoms. The highest BCUT2D eigenvalue weighted by atomic mass is 16.2. The Morgan fingerprint density at radius 3 is 2.56 bits per heavy atom. The predicted molar refractivity (Wildman–Crippen MR) is 70.2 cm³/mol. The quantitative estimate of drug-likeness (QED) is 0.690. The van der Waals surface area contributed by atoms with Crippen LogP contribution in [0.3, 0.4) is 0 Å². The van der Waals surface area contributed by atoms with Crippen molar-refractivity contribution in [3.05, 3.63) is 35.4 Å². The van der Waals surface area contributed by atoms with Crippen molar-refractivity contribution in [1.82, 2.24) is 5.32 Å². The molecule has 0 spiro atoms. The van der Waals surface area contributed by atoms with E-state index in [1.807, 2.05) is 6.92 Å². The number of amides is 2. The largest absolute Gasteiger partial charge is 0.366 e. The molecule has 1 unspecified atom stereocenters. The van der Waals surface area contributed by atoms with Gasteiger partial charge in [0.1, 0.15) is 0 Å². The van der Waals surface area contributed by atoms with Crippen LogP contribution in [0.2, 0.25) is 0 Å². The van der Waals surface area contributed by atoms with Crippen molar-refractivity contribution in [1.29, 1.82) is 0 Å². The van der Waals surface area contributed by atoms with Crippen LogP contribution in [0.25, 0.3) is 0 Å². The first-order chi connectivity index (χ1) is 8.58. The van der Waals surface area contributed by atoms with E-state index in [9.17, 15) is 9.59 Å². The molecule has 0 aliphatic carbocycles. The second-order valence-electron chi connectivity index (χ2n) is 4.14. The molecule has 1 atom stereocenters. The van der Waals surface area contributed by atoms with E-state index in [0.29, 0.717) is 17.7 Å². The summed E-state index contributed by atoms with van der Waals surface area (Å²) in [7, 11) is 0. The van der Waals surface area contributed by atoms with Crippen LogP contribution in [-0.4, -0.2) is 24.4 Å². The van der Waals surface area contributed by atoms with Crippen molar-refractivity contribution in [3.8, 4) is 0 Å². The third-order valence-corrected chi connectivity index (χ3v) is 2.67. The monoisotopic (exact) mass is 249 g/mol. The van der Waals surface area contributed by atoms with Crippen LogP contribution < -0.4 is 16.8 Å². The number of nitrogens with two attached hydrogens (primary N) is 2. The van der Waals surface area contributed by atoms with Gasteiger partial charge in [0.25, 0.3) is 5.91 Å². The number of hydrogen-bond acceptors (Lipinski definition) is 3. The topological polar surface area (TPSA) is 98.2 Å². The Morgan fingerprint density at radius 2 is 2.00 bits per heavy atom. The minimum atomic E-state index is -0.548. The predicted octanol–water partition coefficient (Wildman–Crippen LogP) is 0.643.